The fourth-order valence-corrected chi connectivity index (χ4v) is 8.95. The Bertz CT molecular complexity index is 1030. The van der Waals surface area contributed by atoms with E-state index in [1.807, 2.05) is 6.08 Å². The van der Waals surface area contributed by atoms with Crippen molar-refractivity contribution in [1.29, 1.82) is 0 Å². The fourth-order valence-electron chi connectivity index (χ4n) is 4.66. The van der Waals surface area contributed by atoms with Crippen LogP contribution < -0.4 is 10.4 Å². The van der Waals surface area contributed by atoms with Gasteiger partial charge in [-0.2, -0.15) is 0 Å². The van der Waals surface area contributed by atoms with Gasteiger partial charge in [0.2, 0.25) is 0 Å². The van der Waals surface area contributed by atoms with E-state index < -0.39 is 26.1 Å². The molecule has 1 heterocycles. The second kappa shape index (κ2) is 10.7. The molecule has 1 aliphatic rings. The first-order valence-electron chi connectivity index (χ1n) is 12.6. The van der Waals surface area contributed by atoms with Gasteiger partial charge in [0.15, 0.2) is 0 Å². The summed E-state index contributed by atoms with van der Waals surface area (Å²) < 4.78 is 20.9. The molecule has 1 aliphatic heterocycles. The molecule has 0 saturated carbocycles. The maximum Gasteiger partial charge on any atom is 0.479 e. The Labute approximate surface area is 212 Å². The average molecular weight is 485 g/mol. The fraction of sp³-hybridized carbons (Fsp3) is 0.333. The summed E-state index contributed by atoms with van der Waals surface area (Å²) in [6, 6.07) is 31.7. The zero-order chi connectivity index (χ0) is 24.9. The van der Waals surface area contributed by atoms with Crippen LogP contribution in [0.2, 0.25) is 0 Å². The lowest BCUT2D eigenvalue weighted by atomic mass is 9.90. The summed E-state index contributed by atoms with van der Waals surface area (Å²) in [5.41, 5.74) is 0.397. The van der Waals surface area contributed by atoms with Crippen molar-refractivity contribution in [3.8, 4) is 0 Å². The minimum absolute atomic E-state index is 0.0150. The summed E-state index contributed by atoms with van der Waals surface area (Å²) in [5, 5.41) is 2.30. The molecule has 3 nitrogen and oxygen atoms in total. The molecule has 1 atom stereocenters. The Kier molecular flexibility index (Phi) is 7.82. The van der Waals surface area contributed by atoms with Crippen LogP contribution >= 0.6 is 0 Å². The quantitative estimate of drug-likeness (QED) is 0.281. The first-order chi connectivity index (χ1) is 16.8. The predicted molar refractivity (Wildman–Crippen MR) is 148 cm³/mol. The Hall–Kier alpha value is -2.44. The van der Waals surface area contributed by atoms with Crippen LogP contribution in [-0.2, 0) is 20.2 Å². The van der Waals surface area contributed by atoms with Crippen molar-refractivity contribution in [3.05, 3.63) is 109 Å². The molecule has 3 aromatic rings. The first kappa shape index (κ1) is 25.6. The summed E-state index contributed by atoms with van der Waals surface area (Å²) in [6.07, 6.45) is 4.55. The van der Waals surface area contributed by atoms with Gasteiger partial charge < -0.3 is 13.7 Å². The Balaban J connectivity index is 1.80. The van der Waals surface area contributed by atoms with E-state index in [9.17, 15) is 0 Å². The molecule has 0 N–H and O–H groups in total. The molecule has 0 aliphatic carbocycles. The SMILES string of the molecule is C=CCC(CCc1ccccc1)O[Si](B1OC(C)(C)C(C)(C)O1)(c1ccccc1)c1ccccc1. The molecular weight excluding hydrogens is 447 g/mol. The van der Waals surface area contributed by atoms with Gasteiger partial charge in [0.25, 0.3) is 8.19 Å². The van der Waals surface area contributed by atoms with Gasteiger partial charge in [0.1, 0.15) is 0 Å². The van der Waals surface area contributed by atoms with Gasteiger partial charge in [-0.25, -0.2) is 0 Å². The van der Waals surface area contributed by atoms with Crippen LogP contribution in [0.25, 0.3) is 0 Å². The zero-order valence-electron chi connectivity index (χ0n) is 21.4. The van der Waals surface area contributed by atoms with E-state index in [1.165, 1.54) is 5.56 Å². The molecule has 35 heavy (non-hydrogen) atoms. The van der Waals surface area contributed by atoms with E-state index >= 15 is 0 Å². The topological polar surface area (TPSA) is 27.7 Å². The van der Waals surface area contributed by atoms with Gasteiger partial charge >= 0.3 is 6.71 Å². The molecule has 0 aromatic heterocycles. The highest BCUT2D eigenvalue weighted by Crippen LogP contribution is 2.40. The lowest BCUT2D eigenvalue weighted by Gasteiger charge is -2.37. The van der Waals surface area contributed by atoms with E-state index in [1.54, 1.807) is 0 Å². The standard InChI is InChI=1S/C30H37BO3Si/c1-6-16-26(24-23-25-17-10-7-11-18-25)32-35(27-19-12-8-13-20-27,28-21-14-9-15-22-28)31-33-29(2,3)30(4,5)34-31/h6-15,17-22,26H,1,16,23-24H2,2-5H3. The number of benzene rings is 3. The summed E-state index contributed by atoms with van der Waals surface area (Å²) >= 11 is 0. The smallest absolute Gasteiger partial charge is 0.405 e. The lowest BCUT2D eigenvalue weighted by Crippen LogP contribution is -2.73. The molecule has 182 valence electrons. The van der Waals surface area contributed by atoms with Crippen molar-refractivity contribution in [2.45, 2.75) is 64.3 Å². The van der Waals surface area contributed by atoms with Gasteiger partial charge in [-0.3, -0.25) is 0 Å². The van der Waals surface area contributed by atoms with Crippen LogP contribution in [0.4, 0.5) is 0 Å². The third kappa shape index (κ3) is 5.39. The second-order valence-corrected chi connectivity index (χ2v) is 13.7. The minimum Gasteiger partial charge on any atom is -0.405 e. The molecule has 0 spiro atoms. The molecule has 4 rings (SSSR count). The van der Waals surface area contributed by atoms with E-state index in [-0.39, 0.29) is 6.10 Å². The van der Waals surface area contributed by atoms with Crippen LogP contribution in [0, 0.1) is 0 Å². The molecule has 0 radical (unpaired) electrons. The normalized spacial score (nSPS) is 17.8. The van der Waals surface area contributed by atoms with Crippen molar-refractivity contribution in [3.63, 3.8) is 0 Å². The van der Waals surface area contributed by atoms with E-state index in [4.69, 9.17) is 13.7 Å². The third-order valence-corrected chi connectivity index (χ3v) is 11.4. The van der Waals surface area contributed by atoms with Crippen molar-refractivity contribution < 1.29 is 13.7 Å². The van der Waals surface area contributed by atoms with Crippen LogP contribution in [0.3, 0.4) is 0 Å². The average Bonchev–Trinajstić information content (AvgIpc) is 3.09. The van der Waals surface area contributed by atoms with Crippen LogP contribution in [-0.4, -0.2) is 32.2 Å². The maximum absolute atomic E-state index is 7.36. The summed E-state index contributed by atoms with van der Waals surface area (Å²) in [6.45, 7) is 12.0. The highest BCUT2D eigenvalue weighted by molar-refractivity contribution is 7.37. The van der Waals surface area contributed by atoms with Crippen LogP contribution in [0.5, 0.6) is 0 Å². The van der Waals surface area contributed by atoms with Crippen molar-refractivity contribution in [1.82, 2.24) is 0 Å². The monoisotopic (exact) mass is 484 g/mol. The van der Waals surface area contributed by atoms with E-state index in [0.717, 1.165) is 29.6 Å². The summed E-state index contributed by atoms with van der Waals surface area (Å²) in [5.74, 6) is 0. The highest BCUT2D eigenvalue weighted by atomic mass is 28.3. The molecular formula is C30H37BO3Si. The number of hydrogen-bond donors (Lipinski definition) is 0. The maximum atomic E-state index is 7.36. The van der Waals surface area contributed by atoms with Crippen LogP contribution in [0.1, 0.15) is 46.1 Å². The summed E-state index contributed by atoms with van der Waals surface area (Å²) in [7, 11) is -3.02. The molecule has 1 unspecified atom stereocenters. The largest absolute Gasteiger partial charge is 0.479 e. The number of hydrogen-bond acceptors (Lipinski definition) is 3. The molecule has 1 fully saturated rings. The minimum atomic E-state index is -3.02. The Morgan fingerprint density at radius 1 is 0.800 bits per heavy atom. The Morgan fingerprint density at radius 2 is 1.26 bits per heavy atom. The molecule has 0 bridgehead atoms. The second-order valence-electron chi connectivity index (χ2n) is 10.3. The lowest BCUT2D eigenvalue weighted by molar-refractivity contribution is 0.00578. The third-order valence-electron chi connectivity index (χ3n) is 7.37. The first-order valence-corrected chi connectivity index (χ1v) is 14.6. The highest BCUT2D eigenvalue weighted by Gasteiger charge is 2.64. The van der Waals surface area contributed by atoms with Crippen LogP contribution in [0.15, 0.2) is 104 Å². The van der Waals surface area contributed by atoms with Gasteiger partial charge in [0, 0.05) is 6.10 Å². The summed E-state index contributed by atoms with van der Waals surface area (Å²) in [4.78, 5) is 0. The number of aryl methyl sites for hydroxylation is 1. The van der Waals surface area contributed by atoms with Gasteiger partial charge in [-0.1, -0.05) is 97.1 Å². The molecule has 5 heteroatoms. The van der Waals surface area contributed by atoms with E-state index in [0.29, 0.717) is 0 Å². The Morgan fingerprint density at radius 3 is 1.71 bits per heavy atom. The van der Waals surface area contributed by atoms with Crippen molar-refractivity contribution >= 4 is 25.3 Å². The van der Waals surface area contributed by atoms with E-state index in [2.05, 4.69) is 125 Å². The van der Waals surface area contributed by atoms with Gasteiger partial charge in [0.05, 0.1) is 11.2 Å². The molecule has 3 aromatic carbocycles. The number of rotatable bonds is 10. The van der Waals surface area contributed by atoms with Gasteiger partial charge in [-0.15, -0.1) is 6.58 Å². The van der Waals surface area contributed by atoms with Gasteiger partial charge in [-0.05, 0) is 62.9 Å². The predicted octanol–water partition coefficient (Wildman–Crippen LogP) is 5.51. The van der Waals surface area contributed by atoms with Crippen molar-refractivity contribution in [2.24, 2.45) is 0 Å². The molecule has 0 amide bonds. The molecule has 1 saturated heterocycles. The van der Waals surface area contributed by atoms with Crippen molar-refractivity contribution in [2.75, 3.05) is 0 Å². The zero-order valence-corrected chi connectivity index (χ0v) is 22.4.